The van der Waals surface area contributed by atoms with E-state index in [1.807, 2.05) is 62.4 Å². The molecule has 0 heterocycles. The Morgan fingerprint density at radius 1 is 0.842 bits per heavy atom. The molecule has 0 fully saturated rings. The molecule has 0 saturated carbocycles. The normalized spacial score (nSPS) is 11.6. The van der Waals surface area contributed by atoms with Crippen molar-refractivity contribution in [3.05, 3.63) is 59.7 Å². The fourth-order valence-corrected chi connectivity index (χ4v) is 2.32. The summed E-state index contributed by atoms with van der Waals surface area (Å²) in [4.78, 5) is 0. The smallest absolute Gasteiger partial charge is 0.0687 e. The third-order valence-corrected chi connectivity index (χ3v) is 3.12. The maximum Gasteiger partial charge on any atom is 0.0687 e. The van der Waals surface area contributed by atoms with Crippen LogP contribution in [0.3, 0.4) is 0 Å². The van der Waals surface area contributed by atoms with Gasteiger partial charge in [-0.15, -0.1) is 0 Å². The second-order valence-electron chi connectivity index (χ2n) is 5.46. The van der Waals surface area contributed by atoms with Crippen LogP contribution in [0, 0.1) is 0 Å². The molecule has 0 aliphatic carbocycles. The Hall–Kier alpha value is -1.64. The number of hydrogen-bond acceptors (Lipinski definition) is 2. The van der Waals surface area contributed by atoms with E-state index in [1.165, 1.54) is 0 Å². The highest BCUT2D eigenvalue weighted by atomic mass is 16.3. The van der Waals surface area contributed by atoms with Gasteiger partial charge in [-0.3, -0.25) is 0 Å². The maximum absolute atomic E-state index is 10.0. The molecule has 2 aromatic rings. The molecule has 0 aromatic heterocycles. The summed E-state index contributed by atoms with van der Waals surface area (Å²) < 4.78 is 0. The van der Waals surface area contributed by atoms with Crippen molar-refractivity contribution in [3.8, 4) is 11.1 Å². The van der Waals surface area contributed by atoms with E-state index >= 15 is 0 Å². The van der Waals surface area contributed by atoms with Crippen LogP contribution in [-0.2, 0) is 13.0 Å². The number of aliphatic hydroxyl groups excluding tert-OH is 1. The van der Waals surface area contributed by atoms with Crippen LogP contribution in [0.5, 0.6) is 0 Å². The van der Waals surface area contributed by atoms with Gasteiger partial charge in [-0.2, -0.15) is 0 Å². The van der Waals surface area contributed by atoms with E-state index in [0.29, 0.717) is 6.42 Å². The molecule has 0 aliphatic heterocycles. The first-order valence-corrected chi connectivity index (χ1v) is 6.51. The fourth-order valence-electron chi connectivity index (χ4n) is 2.32. The van der Waals surface area contributed by atoms with Gasteiger partial charge in [0.15, 0.2) is 0 Å². The minimum absolute atomic E-state index is 0.0209. The average Bonchev–Trinajstić information content (AvgIpc) is 2.37. The molecule has 0 spiro atoms. The second-order valence-corrected chi connectivity index (χ2v) is 5.46. The Labute approximate surface area is 114 Å². The van der Waals surface area contributed by atoms with Crippen molar-refractivity contribution < 1.29 is 10.2 Å². The van der Waals surface area contributed by atoms with Crippen LogP contribution < -0.4 is 0 Å². The van der Waals surface area contributed by atoms with E-state index in [-0.39, 0.29) is 6.61 Å². The quantitative estimate of drug-likeness (QED) is 0.882. The highest BCUT2D eigenvalue weighted by Crippen LogP contribution is 2.29. The van der Waals surface area contributed by atoms with Crippen molar-refractivity contribution in [1.29, 1.82) is 0 Å². The van der Waals surface area contributed by atoms with Crippen LogP contribution in [0.2, 0.25) is 0 Å². The Kier molecular flexibility index (Phi) is 4.03. The summed E-state index contributed by atoms with van der Waals surface area (Å²) in [5.41, 5.74) is 3.37. The lowest BCUT2D eigenvalue weighted by atomic mass is 9.90. The summed E-state index contributed by atoms with van der Waals surface area (Å²) >= 11 is 0. The minimum Gasteiger partial charge on any atom is -0.392 e. The molecule has 2 rings (SSSR count). The zero-order chi connectivity index (χ0) is 13.9. The van der Waals surface area contributed by atoms with Gasteiger partial charge < -0.3 is 10.2 Å². The van der Waals surface area contributed by atoms with E-state index in [4.69, 9.17) is 0 Å². The van der Waals surface area contributed by atoms with Gasteiger partial charge >= 0.3 is 0 Å². The third-order valence-electron chi connectivity index (χ3n) is 3.12. The molecule has 2 aromatic carbocycles. The molecule has 19 heavy (non-hydrogen) atoms. The van der Waals surface area contributed by atoms with Gasteiger partial charge in [0.25, 0.3) is 0 Å². The van der Waals surface area contributed by atoms with Crippen LogP contribution in [0.4, 0.5) is 0 Å². The lowest BCUT2D eigenvalue weighted by Gasteiger charge is -2.20. The Bertz CT molecular complexity index is 553. The second kappa shape index (κ2) is 5.55. The topological polar surface area (TPSA) is 40.5 Å². The summed E-state index contributed by atoms with van der Waals surface area (Å²) in [5.74, 6) is 0. The monoisotopic (exact) mass is 256 g/mol. The molecular formula is C17H20O2. The number of aliphatic hydroxyl groups is 2. The zero-order valence-electron chi connectivity index (χ0n) is 11.4. The first-order valence-electron chi connectivity index (χ1n) is 6.51. The largest absolute Gasteiger partial charge is 0.392 e. The first-order chi connectivity index (χ1) is 9.01. The van der Waals surface area contributed by atoms with Gasteiger partial charge in [0.2, 0.25) is 0 Å². The summed E-state index contributed by atoms with van der Waals surface area (Å²) in [6.45, 7) is 3.64. The van der Waals surface area contributed by atoms with Crippen LogP contribution in [-0.4, -0.2) is 15.8 Å². The molecule has 2 heteroatoms. The van der Waals surface area contributed by atoms with E-state index < -0.39 is 5.60 Å². The standard InChI is InChI=1S/C17H20O2/c1-17(2,19)11-13-7-3-5-9-15(13)16-10-6-4-8-14(16)12-18/h3-10,18-19H,11-12H2,1-2H3. The molecule has 2 N–H and O–H groups in total. The zero-order valence-corrected chi connectivity index (χ0v) is 11.4. The predicted molar refractivity (Wildman–Crippen MR) is 77.8 cm³/mol. The molecule has 0 aliphatic rings. The average molecular weight is 256 g/mol. The van der Waals surface area contributed by atoms with E-state index in [1.54, 1.807) is 0 Å². The lowest BCUT2D eigenvalue weighted by molar-refractivity contribution is 0.0811. The van der Waals surface area contributed by atoms with Crippen LogP contribution in [0.1, 0.15) is 25.0 Å². The molecule has 0 amide bonds. The molecule has 0 bridgehead atoms. The van der Waals surface area contributed by atoms with Gasteiger partial charge in [-0.25, -0.2) is 0 Å². The van der Waals surface area contributed by atoms with Crippen LogP contribution >= 0.6 is 0 Å². The molecule has 2 nitrogen and oxygen atoms in total. The highest BCUT2D eigenvalue weighted by molar-refractivity contribution is 5.70. The molecule has 0 unspecified atom stereocenters. The fraction of sp³-hybridized carbons (Fsp3) is 0.294. The third kappa shape index (κ3) is 3.43. The van der Waals surface area contributed by atoms with Crippen molar-refractivity contribution in [1.82, 2.24) is 0 Å². The van der Waals surface area contributed by atoms with Crippen molar-refractivity contribution >= 4 is 0 Å². The van der Waals surface area contributed by atoms with Gasteiger partial charge in [-0.1, -0.05) is 48.5 Å². The summed E-state index contributed by atoms with van der Waals surface area (Å²) in [7, 11) is 0. The van der Waals surface area contributed by atoms with E-state index in [9.17, 15) is 10.2 Å². The highest BCUT2D eigenvalue weighted by Gasteiger charge is 2.17. The number of hydrogen-bond donors (Lipinski definition) is 2. The van der Waals surface area contributed by atoms with Crippen LogP contribution in [0.15, 0.2) is 48.5 Å². The summed E-state index contributed by atoms with van der Waals surface area (Å²) in [6.07, 6.45) is 0.586. The van der Waals surface area contributed by atoms with E-state index in [0.717, 1.165) is 22.3 Å². The lowest BCUT2D eigenvalue weighted by Crippen LogP contribution is -2.22. The van der Waals surface area contributed by atoms with Crippen molar-refractivity contribution in [3.63, 3.8) is 0 Å². The molecule has 0 atom stereocenters. The maximum atomic E-state index is 10.0. The van der Waals surface area contributed by atoms with Gasteiger partial charge in [0.1, 0.15) is 0 Å². The SMILES string of the molecule is CC(C)(O)Cc1ccccc1-c1ccccc1CO. The molecule has 0 saturated heterocycles. The Morgan fingerprint density at radius 3 is 1.84 bits per heavy atom. The molecular weight excluding hydrogens is 236 g/mol. The Balaban J connectivity index is 2.50. The number of rotatable bonds is 4. The first kappa shape index (κ1) is 13.8. The minimum atomic E-state index is -0.746. The van der Waals surface area contributed by atoms with Crippen LogP contribution in [0.25, 0.3) is 11.1 Å². The van der Waals surface area contributed by atoms with Crippen molar-refractivity contribution in [2.45, 2.75) is 32.5 Å². The van der Waals surface area contributed by atoms with E-state index in [2.05, 4.69) is 0 Å². The van der Waals surface area contributed by atoms with Crippen molar-refractivity contribution in [2.75, 3.05) is 0 Å². The summed E-state index contributed by atoms with van der Waals surface area (Å²) in [6, 6.07) is 15.9. The predicted octanol–water partition coefficient (Wildman–Crippen LogP) is 3.16. The van der Waals surface area contributed by atoms with Gasteiger partial charge in [0, 0.05) is 6.42 Å². The van der Waals surface area contributed by atoms with Crippen molar-refractivity contribution in [2.24, 2.45) is 0 Å². The summed E-state index contributed by atoms with van der Waals surface area (Å²) in [5, 5.41) is 19.5. The van der Waals surface area contributed by atoms with Gasteiger partial charge in [-0.05, 0) is 36.1 Å². The molecule has 0 radical (unpaired) electrons. The molecule has 100 valence electrons. The Morgan fingerprint density at radius 2 is 1.32 bits per heavy atom. The van der Waals surface area contributed by atoms with Gasteiger partial charge in [0.05, 0.1) is 12.2 Å². The number of benzene rings is 2.